The first-order valence-electron chi connectivity index (χ1n) is 11.5. The maximum absolute atomic E-state index is 12.6. The summed E-state index contributed by atoms with van der Waals surface area (Å²) in [4.78, 5) is 23.3. The van der Waals surface area contributed by atoms with E-state index in [0.717, 1.165) is 56.9 Å². The van der Waals surface area contributed by atoms with E-state index in [-0.39, 0.29) is 11.9 Å². The second-order valence-corrected chi connectivity index (χ2v) is 13.9. The molecule has 0 fully saturated rings. The van der Waals surface area contributed by atoms with Crippen LogP contribution in [0.4, 0.5) is 0 Å². The molecule has 162 valence electrons. The maximum Gasteiger partial charge on any atom is 0.333 e. The molecule has 0 heterocycles. The summed E-state index contributed by atoms with van der Waals surface area (Å²) in [6.07, 6.45) is 9.18. The Bertz CT molecular complexity index is 500. The zero-order valence-electron chi connectivity index (χ0n) is 18.7. The molecule has 0 bridgehead atoms. The molecule has 0 radical (unpaired) electrons. The molecule has 0 saturated heterocycles. The highest BCUT2D eigenvalue weighted by Crippen LogP contribution is 2.34. The first-order valence-corrected chi connectivity index (χ1v) is 14.3. The van der Waals surface area contributed by atoms with Crippen LogP contribution in [0.15, 0.2) is 11.1 Å². The highest BCUT2D eigenvalue weighted by molar-refractivity contribution is 6.79. The number of carbonyl (C=O) groups excluding carboxylic acids is 2. The Balaban J connectivity index is 2.42. The fourth-order valence-electron chi connectivity index (χ4n) is 4.21. The lowest BCUT2D eigenvalue weighted by Crippen LogP contribution is -2.31. The fraction of sp³-hybridized carbons (Fsp3) is 0.826. The quantitative estimate of drug-likeness (QED) is 0.188. The van der Waals surface area contributed by atoms with Crippen molar-refractivity contribution in [2.45, 2.75) is 110 Å². The third-order valence-electron chi connectivity index (χ3n) is 6.61. The molecule has 1 aliphatic rings. The van der Waals surface area contributed by atoms with Gasteiger partial charge in [-0.05, 0) is 57.8 Å². The van der Waals surface area contributed by atoms with Crippen LogP contribution in [0, 0.1) is 0 Å². The molecule has 4 nitrogen and oxygen atoms in total. The number of hydrogen-bond acceptors (Lipinski definition) is 4. The number of ether oxygens (including phenoxy) is 2. The van der Waals surface area contributed by atoms with Gasteiger partial charge in [-0.15, -0.1) is 0 Å². The van der Waals surface area contributed by atoms with Crippen LogP contribution < -0.4 is 0 Å². The van der Waals surface area contributed by atoms with Crippen LogP contribution >= 0.6 is 0 Å². The Morgan fingerprint density at radius 3 is 2.00 bits per heavy atom. The van der Waals surface area contributed by atoms with Gasteiger partial charge in [-0.1, -0.05) is 50.5 Å². The second-order valence-electron chi connectivity index (χ2n) is 8.24. The molecule has 0 saturated carbocycles. The van der Waals surface area contributed by atoms with Gasteiger partial charge in [0.25, 0.3) is 0 Å². The van der Waals surface area contributed by atoms with Crippen molar-refractivity contribution in [1.82, 2.24) is 0 Å². The van der Waals surface area contributed by atoms with Crippen LogP contribution in [-0.4, -0.2) is 33.2 Å². The Morgan fingerprint density at radius 2 is 1.43 bits per heavy atom. The van der Waals surface area contributed by atoms with Crippen molar-refractivity contribution < 1.29 is 19.1 Å². The van der Waals surface area contributed by atoms with Gasteiger partial charge < -0.3 is 9.47 Å². The SMILES string of the molecule is CC[Si](CC)(CC)CCC1=C(C(=O)OCCCCCCOC(C)=O)CCCC1. The van der Waals surface area contributed by atoms with Gasteiger partial charge in [0.15, 0.2) is 0 Å². The summed E-state index contributed by atoms with van der Waals surface area (Å²) in [5.74, 6) is -0.284. The van der Waals surface area contributed by atoms with Crippen LogP contribution in [0.5, 0.6) is 0 Å². The number of carbonyl (C=O) groups is 2. The molecule has 0 unspecified atom stereocenters. The van der Waals surface area contributed by atoms with Gasteiger partial charge in [0.2, 0.25) is 0 Å². The molecule has 0 amide bonds. The van der Waals surface area contributed by atoms with Gasteiger partial charge in [-0.2, -0.15) is 0 Å². The predicted octanol–water partition coefficient (Wildman–Crippen LogP) is 6.42. The monoisotopic (exact) mass is 410 g/mol. The first kappa shape index (κ1) is 24.9. The second kappa shape index (κ2) is 14.0. The smallest absolute Gasteiger partial charge is 0.333 e. The molecule has 0 N–H and O–H groups in total. The minimum atomic E-state index is -1.14. The van der Waals surface area contributed by atoms with Gasteiger partial charge in [0.05, 0.1) is 21.3 Å². The molecular formula is C23H42O4Si. The van der Waals surface area contributed by atoms with Crippen LogP contribution in [-0.2, 0) is 19.1 Å². The molecular weight excluding hydrogens is 368 g/mol. The van der Waals surface area contributed by atoms with Gasteiger partial charge in [-0.25, -0.2) is 4.79 Å². The van der Waals surface area contributed by atoms with Crippen molar-refractivity contribution in [2.24, 2.45) is 0 Å². The summed E-state index contributed by atoms with van der Waals surface area (Å²) >= 11 is 0. The molecule has 1 rings (SSSR count). The summed E-state index contributed by atoms with van der Waals surface area (Å²) in [7, 11) is -1.14. The number of allylic oxidation sites excluding steroid dienone is 1. The third-order valence-corrected chi connectivity index (χ3v) is 12.4. The Hall–Kier alpha value is -1.10. The van der Waals surface area contributed by atoms with Crippen LogP contribution in [0.25, 0.3) is 0 Å². The summed E-state index contributed by atoms with van der Waals surface area (Å²) in [5.41, 5.74) is 2.39. The lowest BCUT2D eigenvalue weighted by molar-refractivity contribution is -0.141. The topological polar surface area (TPSA) is 52.6 Å². The Labute approximate surface area is 173 Å². The zero-order chi connectivity index (χ0) is 20.8. The largest absolute Gasteiger partial charge is 0.466 e. The van der Waals surface area contributed by atoms with E-state index in [1.807, 2.05) is 0 Å². The van der Waals surface area contributed by atoms with Crippen molar-refractivity contribution in [3.63, 3.8) is 0 Å². The molecule has 0 aliphatic heterocycles. The molecule has 0 atom stereocenters. The van der Waals surface area contributed by atoms with Crippen LogP contribution in [0.2, 0.25) is 24.2 Å². The van der Waals surface area contributed by atoms with E-state index in [1.165, 1.54) is 43.1 Å². The maximum atomic E-state index is 12.6. The summed E-state index contributed by atoms with van der Waals surface area (Å²) in [5, 5.41) is 0. The summed E-state index contributed by atoms with van der Waals surface area (Å²) in [6.45, 7) is 9.49. The van der Waals surface area contributed by atoms with E-state index in [2.05, 4.69) is 20.8 Å². The van der Waals surface area contributed by atoms with E-state index >= 15 is 0 Å². The molecule has 28 heavy (non-hydrogen) atoms. The lowest BCUT2D eigenvalue weighted by Gasteiger charge is -2.29. The average Bonchev–Trinajstić information content (AvgIpc) is 2.71. The van der Waals surface area contributed by atoms with Crippen molar-refractivity contribution >= 4 is 20.0 Å². The van der Waals surface area contributed by atoms with Gasteiger partial charge in [0, 0.05) is 12.5 Å². The number of esters is 2. The lowest BCUT2D eigenvalue weighted by atomic mass is 9.90. The summed E-state index contributed by atoms with van der Waals surface area (Å²) in [6, 6.07) is 5.38. The predicted molar refractivity (Wildman–Crippen MR) is 118 cm³/mol. The normalized spacial score (nSPS) is 14.9. The van der Waals surface area contributed by atoms with E-state index in [4.69, 9.17) is 9.47 Å². The Morgan fingerprint density at radius 1 is 0.857 bits per heavy atom. The van der Waals surface area contributed by atoms with E-state index in [9.17, 15) is 9.59 Å². The van der Waals surface area contributed by atoms with Crippen molar-refractivity contribution in [3.05, 3.63) is 11.1 Å². The van der Waals surface area contributed by atoms with Crippen molar-refractivity contribution in [1.29, 1.82) is 0 Å². The van der Waals surface area contributed by atoms with Crippen LogP contribution in [0.1, 0.15) is 85.5 Å². The molecule has 5 heteroatoms. The van der Waals surface area contributed by atoms with Crippen LogP contribution in [0.3, 0.4) is 0 Å². The van der Waals surface area contributed by atoms with Gasteiger partial charge >= 0.3 is 11.9 Å². The molecule has 1 aliphatic carbocycles. The number of unbranched alkanes of at least 4 members (excludes halogenated alkanes) is 3. The molecule has 0 aromatic rings. The van der Waals surface area contributed by atoms with E-state index in [0.29, 0.717) is 13.2 Å². The minimum absolute atomic E-state index is 0.0635. The van der Waals surface area contributed by atoms with Gasteiger partial charge in [0.1, 0.15) is 0 Å². The zero-order valence-corrected chi connectivity index (χ0v) is 19.7. The summed E-state index contributed by atoms with van der Waals surface area (Å²) < 4.78 is 10.5. The highest BCUT2D eigenvalue weighted by Gasteiger charge is 2.28. The molecule has 0 aromatic heterocycles. The van der Waals surface area contributed by atoms with Gasteiger partial charge in [-0.3, -0.25) is 4.79 Å². The Kier molecular flexibility index (Phi) is 12.4. The standard InChI is InChI=1S/C23H42O4Si/c1-5-28(6-2,7-3)19-16-21-14-10-11-15-22(21)23(25)27-18-13-9-8-12-17-26-20(4)24/h5-19H2,1-4H3. The average molecular weight is 411 g/mol. The minimum Gasteiger partial charge on any atom is -0.466 e. The number of rotatable bonds is 14. The van der Waals surface area contributed by atoms with Crippen molar-refractivity contribution in [3.8, 4) is 0 Å². The van der Waals surface area contributed by atoms with E-state index < -0.39 is 8.07 Å². The molecule has 0 spiro atoms. The third kappa shape index (κ3) is 8.93. The van der Waals surface area contributed by atoms with Crippen molar-refractivity contribution in [2.75, 3.05) is 13.2 Å². The van der Waals surface area contributed by atoms with E-state index in [1.54, 1.807) is 0 Å². The fourth-order valence-corrected chi connectivity index (χ4v) is 7.60. The highest BCUT2D eigenvalue weighted by atomic mass is 28.3. The molecule has 0 aromatic carbocycles. The first-order chi connectivity index (χ1) is 13.5. The number of hydrogen-bond donors (Lipinski definition) is 0.